The van der Waals surface area contributed by atoms with E-state index in [0.717, 1.165) is 12.1 Å². The second-order valence-electron chi connectivity index (χ2n) is 6.90. The van der Waals surface area contributed by atoms with E-state index >= 15 is 0 Å². The molecule has 0 bridgehead atoms. The SMILES string of the molecule is Cc1cc(F)c(F)cc1-c1cc(OC2(C(=O)O)CC2)nc(-c2ccc(Cl)cc2)n1. The normalized spacial score (nSPS) is 14.5. The van der Waals surface area contributed by atoms with Crippen LogP contribution in [-0.4, -0.2) is 26.6 Å². The van der Waals surface area contributed by atoms with Gasteiger partial charge in [0.2, 0.25) is 11.5 Å². The molecule has 8 heteroatoms. The molecule has 1 aliphatic rings. The number of carbonyl (C=O) groups is 1. The molecule has 2 aromatic carbocycles. The fraction of sp³-hybridized carbons (Fsp3) is 0.190. The Balaban J connectivity index is 1.85. The fourth-order valence-electron chi connectivity index (χ4n) is 2.94. The van der Waals surface area contributed by atoms with Crippen molar-refractivity contribution in [3.05, 3.63) is 64.7 Å². The Hall–Kier alpha value is -3.06. The van der Waals surface area contributed by atoms with Crippen molar-refractivity contribution in [1.29, 1.82) is 0 Å². The zero-order chi connectivity index (χ0) is 20.8. The summed E-state index contributed by atoms with van der Waals surface area (Å²) >= 11 is 5.93. The molecular weight excluding hydrogens is 402 g/mol. The predicted molar refractivity (Wildman–Crippen MR) is 103 cm³/mol. The lowest BCUT2D eigenvalue weighted by Crippen LogP contribution is -2.29. The molecule has 1 aromatic heterocycles. The van der Waals surface area contributed by atoms with Gasteiger partial charge in [-0.05, 0) is 48.9 Å². The molecule has 1 fully saturated rings. The van der Waals surface area contributed by atoms with Crippen molar-refractivity contribution >= 4 is 17.6 Å². The molecule has 0 saturated heterocycles. The number of rotatable bonds is 5. The molecule has 0 aliphatic heterocycles. The Morgan fingerprint density at radius 3 is 2.38 bits per heavy atom. The van der Waals surface area contributed by atoms with Gasteiger partial charge in [-0.15, -0.1) is 0 Å². The van der Waals surface area contributed by atoms with Crippen LogP contribution in [0, 0.1) is 18.6 Å². The van der Waals surface area contributed by atoms with Gasteiger partial charge in [0, 0.05) is 35.1 Å². The van der Waals surface area contributed by atoms with Crippen LogP contribution in [0.4, 0.5) is 8.78 Å². The molecule has 0 radical (unpaired) electrons. The molecule has 0 amide bonds. The van der Waals surface area contributed by atoms with Gasteiger partial charge in [-0.25, -0.2) is 18.6 Å². The lowest BCUT2D eigenvalue weighted by molar-refractivity contribution is -0.147. The average molecular weight is 417 g/mol. The van der Waals surface area contributed by atoms with Crippen LogP contribution in [-0.2, 0) is 4.79 Å². The number of hydrogen-bond donors (Lipinski definition) is 1. The van der Waals surface area contributed by atoms with Gasteiger partial charge in [-0.2, -0.15) is 4.98 Å². The van der Waals surface area contributed by atoms with E-state index in [2.05, 4.69) is 9.97 Å². The molecular formula is C21H15ClF2N2O3. The summed E-state index contributed by atoms with van der Waals surface area (Å²) in [5.41, 5.74) is 0.409. The van der Waals surface area contributed by atoms with Crippen molar-refractivity contribution in [2.24, 2.45) is 0 Å². The van der Waals surface area contributed by atoms with Crippen molar-refractivity contribution in [3.8, 4) is 28.5 Å². The van der Waals surface area contributed by atoms with Crippen LogP contribution >= 0.6 is 11.6 Å². The standard InChI is InChI=1S/C21H15ClF2N2O3/c1-11-8-15(23)16(24)9-14(11)17-10-18(29-21(6-7-21)20(27)28)26-19(25-17)12-2-4-13(22)5-3-12/h2-5,8-10H,6-7H2,1H3,(H,27,28). The predicted octanol–water partition coefficient (Wildman–Crippen LogP) is 5.05. The fourth-order valence-corrected chi connectivity index (χ4v) is 3.06. The van der Waals surface area contributed by atoms with Crippen LogP contribution in [0.3, 0.4) is 0 Å². The summed E-state index contributed by atoms with van der Waals surface area (Å²) in [5, 5.41) is 9.93. The number of carboxylic acid groups (broad SMARTS) is 1. The molecule has 0 atom stereocenters. The van der Waals surface area contributed by atoms with E-state index < -0.39 is 23.2 Å². The molecule has 148 valence electrons. The molecule has 3 aromatic rings. The van der Waals surface area contributed by atoms with Crippen molar-refractivity contribution < 1.29 is 23.4 Å². The van der Waals surface area contributed by atoms with Crippen molar-refractivity contribution in [3.63, 3.8) is 0 Å². The summed E-state index contributed by atoms with van der Waals surface area (Å²) in [5.74, 6) is -2.75. The lowest BCUT2D eigenvalue weighted by Gasteiger charge is -2.15. The first kappa shape index (κ1) is 19.3. The molecule has 29 heavy (non-hydrogen) atoms. The molecule has 0 unspecified atom stereocenters. The summed E-state index contributed by atoms with van der Waals surface area (Å²) in [6.45, 7) is 1.63. The van der Waals surface area contributed by atoms with E-state index in [4.69, 9.17) is 16.3 Å². The zero-order valence-electron chi connectivity index (χ0n) is 15.2. The summed E-state index contributed by atoms with van der Waals surface area (Å²) in [6, 6.07) is 10.3. The van der Waals surface area contributed by atoms with E-state index in [9.17, 15) is 18.7 Å². The molecule has 1 heterocycles. The van der Waals surface area contributed by atoms with Gasteiger partial charge in [0.15, 0.2) is 17.5 Å². The molecule has 5 nitrogen and oxygen atoms in total. The quantitative estimate of drug-likeness (QED) is 0.630. The first-order valence-electron chi connectivity index (χ1n) is 8.81. The number of aliphatic carboxylic acids is 1. The maximum absolute atomic E-state index is 13.9. The Morgan fingerprint density at radius 1 is 1.10 bits per heavy atom. The molecule has 4 rings (SSSR count). The Morgan fingerprint density at radius 2 is 1.76 bits per heavy atom. The highest BCUT2D eigenvalue weighted by molar-refractivity contribution is 6.30. The van der Waals surface area contributed by atoms with Crippen LogP contribution in [0.1, 0.15) is 18.4 Å². The number of aryl methyl sites for hydroxylation is 1. The van der Waals surface area contributed by atoms with Gasteiger partial charge in [0.05, 0.1) is 5.69 Å². The smallest absolute Gasteiger partial charge is 0.348 e. The van der Waals surface area contributed by atoms with E-state index in [1.165, 1.54) is 6.07 Å². The summed E-state index contributed by atoms with van der Waals surface area (Å²) in [4.78, 5) is 20.3. The number of aromatic nitrogens is 2. The maximum Gasteiger partial charge on any atom is 0.348 e. The molecule has 1 aliphatic carbocycles. The molecule has 1 N–H and O–H groups in total. The summed E-state index contributed by atoms with van der Waals surface area (Å²) < 4.78 is 33.1. The Labute approximate surface area is 170 Å². The highest BCUT2D eigenvalue weighted by Gasteiger charge is 2.54. The highest BCUT2D eigenvalue weighted by Crippen LogP contribution is 2.41. The Kier molecular flexibility index (Phi) is 4.70. The monoisotopic (exact) mass is 416 g/mol. The number of carboxylic acids is 1. The number of hydrogen-bond acceptors (Lipinski definition) is 4. The van der Waals surface area contributed by atoms with E-state index in [1.807, 2.05) is 0 Å². The maximum atomic E-state index is 13.9. The average Bonchev–Trinajstić information content (AvgIpc) is 3.46. The number of ether oxygens (including phenoxy) is 1. The first-order chi connectivity index (χ1) is 13.8. The number of benzene rings is 2. The van der Waals surface area contributed by atoms with Gasteiger partial charge < -0.3 is 9.84 Å². The zero-order valence-corrected chi connectivity index (χ0v) is 16.0. The summed E-state index contributed by atoms with van der Waals surface area (Å²) in [6.07, 6.45) is 0.726. The number of halogens is 3. The third kappa shape index (κ3) is 3.78. The van der Waals surface area contributed by atoms with Crippen molar-refractivity contribution in [1.82, 2.24) is 9.97 Å². The third-order valence-electron chi connectivity index (χ3n) is 4.74. The largest absolute Gasteiger partial charge is 0.478 e. The van der Waals surface area contributed by atoms with Crippen LogP contribution in [0.5, 0.6) is 5.88 Å². The topological polar surface area (TPSA) is 72.3 Å². The van der Waals surface area contributed by atoms with E-state index in [0.29, 0.717) is 34.6 Å². The van der Waals surface area contributed by atoms with Gasteiger partial charge in [-0.3, -0.25) is 0 Å². The number of nitrogens with zero attached hydrogens (tertiary/aromatic N) is 2. The minimum absolute atomic E-state index is 0.0454. The van der Waals surface area contributed by atoms with Crippen LogP contribution in [0.2, 0.25) is 5.02 Å². The third-order valence-corrected chi connectivity index (χ3v) is 4.99. The summed E-state index contributed by atoms with van der Waals surface area (Å²) in [7, 11) is 0. The van der Waals surface area contributed by atoms with Crippen molar-refractivity contribution in [2.75, 3.05) is 0 Å². The second-order valence-corrected chi connectivity index (χ2v) is 7.34. The van der Waals surface area contributed by atoms with Gasteiger partial charge >= 0.3 is 5.97 Å². The van der Waals surface area contributed by atoms with Crippen LogP contribution < -0.4 is 4.74 Å². The Bertz CT molecular complexity index is 1120. The highest BCUT2D eigenvalue weighted by atomic mass is 35.5. The lowest BCUT2D eigenvalue weighted by atomic mass is 10.0. The van der Waals surface area contributed by atoms with Crippen LogP contribution in [0.15, 0.2) is 42.5 Å². The van der Waals surface area contributed by atoms with Gasteiger partial charge in [0.25, 0.3) is 0 Å². The van der Waals surface area contributed by atoms with Crippen molar-refractivity contribution in [2.45, 2.75) is 25.4 Å². The van der Waals surface area contributed by atoms with E-state index in [-0.39, 0.29) is 17.4 Å². The minimum Gasteiger partial charge on any atom is -0.478 e. The molecule has 0 spiro atoms. The first-order valence-corrected chi connectivity index (χ1v) is 9.19. The minimum atomic E-state index is -1.31. The van der Waals surface area contributed by atoms with E-state index in [1.54, 1.807) is 31.2 Å². The van der Waals surface area contributed by atoms with Gasteiger partial charge in [0.1, 0.15) is 0 Å². The van der Waals surface area contributed by atoms with Gasteiger partial charge in [-0.1, -0.05) is 11.6 Å². The van der Waals surface area contributed by atoms with Crippen LogP contribution in [0.25, 0.3) is 22.6 Å². The second kappa shape index (κ2) is 7.08. The molecule has 1 saturated carbocycles.